The fourth-order valence-corrected chi connectivity index (χ4v) is 2.03. The highest BCUT2D eigenvalue weighted by atomic mass is 16.3. The largest absolute Gasteiger partial charge is 0.377 e. The highest BCUT2D eigenvalue weighted by Crippen LogP contribution is 2.40. The Morgan fingerprint density at radius 3 is 2.67 bits per heavy atom. The normalized spacial score (nSPS) is 28.8. The Kier molecular flexibility index (Phi) is 2.79. The molecule has 0 bridgehead atoms. The summed E-state index contributed by atoms with van der Waals surface area (Å²) in [5.41, 5.74) is 0.262. The molecule has 1 saturated carbocycles. The minimum absolute atomic E-state index is 0.369. The van der Waals surface area contributed by atoms with E-state index in [1.807, 2.05) is 30.3 Å². The summed E-state index contributed by atoms with van der Waals surface area (Å²) < 4.78 is 0. The van der Waals surface area contributed by atoms with Crippen molar-refractivity contribution in [1.82, 2.24) is 0 Å². The first-order valence-electron chi connectivity index (χ1n) is 5.55. The molecule has 0 aromatic heterocycles. The molecule has 2 atom stereocenters. The Labute approximate surface area is 91.1 Å². The molecule has 1 heteroatoms. The van der Waals surface area contributed by atoms with E-state index in [0.717, 1.165) is 24.8 Å². The molecule has 0 radical (unpaired) electrons. The van der Waals surface area contributed by atoms with Gasteiger partial charge in [0.1, 0.15) is 5.60 Å². The minimum Gasteiger partial charge on any atom is -0.377 e. The molecule has 78 valence electrons. The molecule has 0 saturated heterocycles. The van der Waals surface area contributed by atoms with E-state index in [1.165, 1.54) is 0 Å². The predicted molar refractivity (Wildman–Crippen MR) is 61.3 cm³/mol. The third kappa shape index (κ3) is 2.06. The first-order valence-corrected chi connectivity index (χ1v) is 5.55. The standard InChI is InChI=1S/C14H16O/c1-2-13-9-11-14(13,15)10-8-12-6-4-3-5-7-12/h3-7,13,15H,2,9,11H2,1H3/t13-,14-/m1/s1. The SMILES string of the molecule is CC[C@@H]1CC[C@]1(O)C#Cc1ccccc1. The van der Waals surface area contributed by atoms with Crippen LogP contribution < -0.4 is 0 Å². The van der Waals surface area contributed by atoms with Gasteiger partial charge in [-0.15, -0.1) is 0 Å². The third-order valence-corrected chi connectivity index (χ3v) is 3.24. The zero-order valence-electron chi connectivity index (χ0n) is 9.03. The molecule has 15 heavy (non-hydrogen) atoms. The van der Waals surface area contributed by atoms with Crippen LogP contribution in [0.3, 0.4) is 0 Å². The fraction of sp³-hybridized carbons (Fsp3) is 0.429. The summed E-state index contributed by atoms with van der Waals surface area (Å²) in [6, 6.07) is 9.84. The van der Waals surface area contributed by atoms with Gasteiger partial charge in [-0.05, 0) is 37.3 Å². The number of aliphatic hydroxyl groups is 1. The van der Waals surface area contributed by atoms with E-state index in [1.54, 1.807) is 0 Å². The van der Waals surface area contributed by atoms with Crippen molar-refractivity contribution in [2.75, 3.05) is 0 Å². The summed E-state index contributed by atoms with van der Waals surface area (Å²) in [6.07, 6.45) is 2.95. The maximum Gasteiger partial charge on any atom is 0.128 e. The van der Waals surface area contributed by atoms with E-state index in [-0.39, 0.29) is 0 Å². The lowest BCUT2D eigenvalue weighted by atomic mass is 9.68. The van der Waals surface area contributed by atoms with Crippen molar-refractivity contribution >= 4 is 0 Å². The Morgan fingerprint density at radius 1 is 1.40 bits per heavy atom. The average molecular weight is 200 g/mol. The van der Waals surface area contributed by atoms with Gasteiger partial charge in [0.25, 0.3) is 0 Å². The van der Waals surface area contributed by atoms with E-state index in [2.05, 4.69) is 18.8 Å². The monoisotopic (exact) mass is 200 g/mol. The van der Waals surface area contributed by atoms with Crippen LogP contribution >= 0.6 is 0 Å². The van der Waals surface area contributed by atoms with E-state index < -0.39 is 5.60 Å². The first-order chi connectivity index (χ1) is 7.24. The van der Waals surface area contributed by atoms with Crippen molar-refractivity contribution in [2.45, 2.75) is 31.8 Å². The molecule has 2 rings (SSSR count). The van der Waals surface area contributed by atoms with Gasteiger partial charge < -0.3 is 5.11 Å². The lowest BCUT2D eigenvalue weighted by Crippen LogP contribution is -2.45. The summed E-state index contributed by atoms with van der Waals surface area (Å²) >= 11 is 0. The minimum atomic E-state index is -0.718. The third-order valence-electron chi connectivity index (χ3n) is 3.24. The fourth-order valence-electron chi connectivity index (χ4n) is 2.03. The van der Waals surface area contributed by atoms with E-state index in [9.17, 15) is 5.11 Å². The van der Waals surface area contributed by atoms with E-state index in [4.69, 9.17) is 0 Å². The summed E-state index contributed by atoms with van der Waals surface area (Å²) in [6.45, 7) is 2.11. The molecule has 1 aliphatic rings. The zero-order valence-corrected chi connectivity index (χ0v) is 9.03. The van der Waals surface area contributed by atoms with Gasteiger partial charge in [-0.25, -0.2) is 0 Å². The van der Waals surface area contributed by atoms with E-state index >= 15 is 0 Å². The maximum absolute atomic E-state index is 10.2. The molecule has 1 aromatic carbocycles. The van der Waals surface area contributed by atoms with Gasteiger partial charge in [0, 0.05) is 5.56 Å². The van der Waals surface area contributed by atoms with Crippen molar-refractivity contribution < 1.29 is 5.11 Å². The second-order valence-corrected chi connectivity index (χ2v) is 4.18. The predicted octanol–water partition coefficient (Wildman–Crippen LogP) is 2.59. The van der Waals surface area contributed by atoms with Crippen molar-refractivity contribution in [2.24, 2.45) is 5.92 Å². The Hall–Kier alpha value is -1.26. The van der Waals surface area contributed by atoms with Crippen LogP contribution in [-0.4, -0.2) is 10.7 Å². The molecule has 0 unspecified atom stereocenters. The van der Waals surface area contributed by atoms with Crippen molar-refractivity contribution in [3.05, 3.63) is 35.9 Å². The van der Waals surface area contributed by atoms with E-state index in [0.29, 0.717) is 5.92 Å². The first kappa shape index (κ1) is 10.3. The molecule has 0 aliphatic heterocycles. The van der Waals surface area contributed by atoms with Gasteiger partial charge in [0.15, 0.2) is 0 Å². The number of benzene rings is 1. The molecule has 0 amide bonds. The Bertz CT molecular complexity index is 383. The Morgan fingerprint density at radius 2 is 2.13 bits per heavy atom. The average Bonchev–Trinajstić information content (AvgIpc) is 2.26. The quantitative estimate of drug-likeness (QED) is 0.691. The van der Waals surface area contributed by atoms with Gasteiger partial charge in [-0.3, -0.25) is 0 Å². The van der Waals surface area contributed by atoms with Crippen LogP contribution in [0.1, 0.15) is 31.7 Å². The maximum atomic E-state index is 10.2. The topological polar surface area (TPSA) is 20.2 Å². The molecule has 1 aliphatic carbocycles. The summed E-state index contributed by atoms with van der Waals surface area (Å²) in [5.74, 6) is 6.44. The highest BCUT2D eigenvalue weighted by Gasteiger charge is 2.42. The van der Waals surface area contributed by atoms with Crippen LogP contribution in [0.5, 0.6) is 0 Å². The number of hydrogen-bond acceptors (Lipinski definition) is 1. The number of hydrogen-bond donors (Lipinski definition) is 1. The van der Waals surface area contributed by atoms with Crippen LogP contribution in [0.4, 0.5) is 0 Å². The lowest BCUT2D eigenvalue weighted by Gasteiger charge is -2.41. The van der Waals surface area contributed by atoms with Gasteiger partial charge in [-0.1, -0.05) is 37.0 Å². The van der Waals surface area contributed by atoms with Gasteiger partial charge in [0.2, 0.25) is 0 Å². The summed E-state index contributed by atoms with van der Waals surface area (Å²) in [4.78, 5) is 0. The van der Waals surface area contributed by atoms with Gasteiger partial charge in [-0.2, -0.15) is 0 Å². The van der Waals surface area contributed by atoms with Crippen LogP contribution in [-0.2, 0) is 0 Å². The molecular formula is C14H16O. The Balaban J connectivity index is 2.12. The van der Waals surface area contributed by atoms with Crippen molar-refractivity contribution in [3.63, 3.8) is 0 Å². The lowest BCUT2D eigenvalue weighted by molar-refractivity contribution is -0.0439. The number of rotatable bonds is 1. The second kappa shape index (κ2) is 4.08. The second-order valence-electron chi connectivity index (χ2n) is 4.18. The van der Waals surface area contributed by atoms with Gasteiger partial charge >= 0.3 is 0 Å². The molecule has 0 spiro atoms. The molecule has 1 nitrogen and oxygen atoms in total. The summed E-state index contributed by atoms with van der Waals surface area (Å²) in [7, 11) is 0. The molecule has 1 N–H and O–H groups in total. The van der Waals surface area contributed by atoms with Crippen LogP contribution in [0.2, 0.25) is 0 Å². The van der Waals surface area contributed by atoms with Crippen molar-refractivity contribution in [1.29, 1.82) is 0 Å². The zero-order chi connectivity index (χ0) is 10.7. The molecule has 1 aromatic rings. The van der Waals surface area contributed by atoms with Crippen LogP contribution in [0.25, 0.3) is 0 Å². The highest BCUT2D eigenvalue weighted by molar-refractivity contribution is 5.37. The summed E-state index contributed by atoms with van der Waals surface area (Å²) in [5, 5.41) is 10.2. The van der Waals surface area contributed by atoms with Crippen molar-refractivity contribution in [3.8, 4) is 11.8 Å². The smallest absolute Gasteiger partial charge is 0.128 e. The van der Waals surface area contributed by atoms with Crippen LogP contribution in [0.15, 0.2) is 30.3 Å². The molecular weight excluding hydrogens is 184 g/mol. The van der Waals surface area contributed by atoms with Gasteiger partial charge in [0.05, 0.1) is 0 Å². The molecule has 1 fully saturated rings. The molecule has 0 heterocycles. The van der Waals surface area contributed by atoms with Crippen LogP contribution in [0, 0.1) is 17.8 Å².